The summed E-state index contributed by atoms with van der Waals surface area (Å²) in [6.07, 6.45) is 3.08. The number of anilines is 1. The predicted molar refractivity (Wildman–Crippen MR) is 75.0 cm³/mol. The Labute approximate surface area is 103 Å². The fourth-order valence-corrected chi connectivity index (χ4v) is 1.43. The van der Waals surface area contributed by atoms with Crippen LogP contribution in [0.25, 0.3) is 5.57 Å². The van der Waals surface area contributed by atoms with Gasteiger partial charge in [-0.2, -0.15) is 0 Å². The Kier molecular flexibility index (Phi) is 4.73. The Morgan fingerprint density at radius 1 is 1.47 bits per heavy atom. The number of hydrogen-bond acceptors (Lipinski definition) is 2. The van der Waals surface area contributed by atoms with Crippen LogP contribution >= 0.6 is 0 Å². The van der Waals surface area contributed by atoms with Crippen LogP contribution in [0.15, 0.2) is 55.1 Å². The highest BCUT2D eigenvalue weighted by atomic mass is 16.3. The van der Waals surface area contributed by atoms with Gasteiger partial charge in [0.25, 0.3) is 0 Å². The van der Waals surface area contributed by atoms with Crippen LogP contribution in [0.5, 0.6) is 0 Å². The second-order valence-electron chi connectivity index (χ2n) is 3.89. The van der Waals surface area contributed by atoms with Crippen molar-refractivity contribution in [3.05, 3.63) is 60.7 Å². The maximum atomic E-state index is 9.42. The van der Waals surface area contributed by atoms with Crippen LogP contribution in [0.3, 0.4) is 0 Å². The summed E-state index contributed by atoms with van der Waals surface area (Å²) in [5.74, 6) is 0. The van der Waals surface area contributed by atoms with Crippen molar-refractivity contribution in [3.63, 3.8) is 0 Å². The topological polar surface area (TPSA) is 32.3 Å². The van der Waals surface area contributed by atoms with E-state index in [4.69, 9.17) is 0 Å². The summed E-state index contributed by atoms with van der Waals surface area (Å²) in [5, 5.41) is 12.5. The van der Waals surface area contributed by atoms with Crippen molar-refractivity contribution in [2.45, 2.75) is 13.0 Å². The van der Waals surface area contributed by atoms with Crippen molar-refractivity contribution in [1.29, 1.82) is 0 Å². The molecular formula is C15H19NO. The third-order valence-electron chi connectivity index (χ3n) is 2.58. The maximum Gasteiger partial charge on any atom is 0.0756 e. The van der Waals surface area contributed by atoms with Crippen LogP contribution in [0.4, 0.5) is 5.69 Å². The minimum atomic E-state index is -0.544. The lowest BCUT2D eigenvalue weighted by molar-refractivity contribution is 0.236. The summed E-state index contributed by atoms with van der Waals surface area (Å²) < 4.78 is 0. The van der Waals surface area contributed by atoms with Crippen molar-refractivity contribution in [3.8, 4) is 0 Å². The van der Waals surface area contributed by atoms with E-state index >= 15 is 0 Å². The summed E-state index contributed by atoms with van der Waals surface area (Å²) in [4.78, 5) is 0. The summed E-state index contributed by atoms with van der Waals surface area (Å²) in [5.41, 5.74) is 3.72. The quantitative estimate of drug-likeness (QED) is 0.760. The second-order valence-corrected chi connectivity index (χ2v) is 3.89. The first kappa shape index (κ1) is 13.3. The molecule has 1 aromatic rings. The fourth-order valence-electron chi connectivity index (χ4n) is 1.43. The molecule has 0 amide bonds. The third-order valence-corrected chi connectivity index (χ3v) is 2.58. The molecule has 0 aliphatic carbocycles. The fraction of sp³-hybridized carbons (Fsp3) is 0.200. The molecule has 1 rings (SSSR count). The van der Waals surface area contributed by atoms with Crippen molar-refractivity contribution >= 4 is 11.3 Å². The van der Waals surface area contributed by atoms with E-state index in [1.54, 1.807) is 13.0 Å². The highest BCUT2D eigenvalue weighted by Crippen LogP contribution is 2.21. The average Bonchev–Trinajstić information content (AvgIpc) is 2.35. The van der Waals surface area contributed by atoms with Gasteiger partial charge in [0.2, 0.25) is 0 Å². The van der Waals surface area contributed by atoms with E-state index in [9.17, 15) is 5.11 Å². The minimum absolute atomic E-state index is 0.544. The van der Waals surface area contributed by atoms with E-state index in [0.29, 0.717) is 5.57 Å². The Morgan fingerprint density at radius 3 is 2.71 bits per heavy atom. The maximum absolute atomic E-state index is 9.42. The molecule has 90 valence electrons. The summed E-state index contributed by atoms with van der Waals surface area (Å²) in [6.45, 7) is 9.31. The van der Waals surface area contributed by atoms with Gasteiger partial charge in [0.15, 0.2) is 0 Å². The SMILES string of the molecule is C=C/C(=C\C(=C)C(C)O)c1cccc(NC)c1. The lowest BCUT2D eigenvalue weighted by Crippen LogP contribution is -2.01. The van der Waals surface area contributed by atoms with Crippen molar-refractivity contribution in [1.82, 2.24) is 0 Å². The van der Waals surface area contributed by atoms with Gasteiger partial charge >= 0.3 is 0 Å². The third kappa shape index (κ3) is 3.61. The van der Waals surface area contributed by atoms with Gasteiger partial charge in [-0.1, -0.05) is 31.4 Å². The zero-order valence-corrected chi connectivity index (χ0v) is 10.4. The van der Waals surface area contributed by atoms with Gasteiger partial charge in [-0.25, -0.2) is 0 Å². The lowest BCUT2D eigenvalue weighted by atomic mass is 10.0. The van der Waals surface area contributed by atoms with E-state index in [2.05, 4.69) is 18.5 Å². The van der Waals surface area contributed by atoms with E-state index in [1.807, 2.05) is 37.4 Å². The standard InChI is InChI=1S/C15H19NO/c1-5-13(9-11(2)12(3)17)14-7-6-8-15(10-14)16-4/h5-10,12,16-17H,1-2H2,3-4H3/b13-9+. The van der Waals surface area contributed by atoms with E-state index in [0.717, 1.165) is 16.8 Å². The smallest absolute Gasteiger partial charge is 0.0756 e. The van der Waals surface area contributed by atoms with Gasteiger partial charge in [-0.15, -0.1) is 0 Å². The lowest BCUT2D eigenvalue weighted by Gasteiger charge is -2.08. The first-order chi connectivity index (χ1) is 8.08. The zero-order chi connectivity index (χ0) is 12.8. The molecular weight excluding hydrogens is 210 g/mol. The number of aliphatic hydroxyl groups is 1. The molecule has 0 heterocycles. The summed E-state index contributed by atoms with van der Waals surface area (Å²) in [6, 6.07) is 8.00. The molecule has 0 spiro atoms. The second kappa shape index (κ2) is 6.06. The molecule has 0 saturated carbocycles. The van der Waals surface area contributed by atoms with Crippen LogP contribution in [0, 0.1) is 0 Å². The molecule has 0 bridgehead atoms. The van der Waals surface area contributed by atoms with Crippen LogP contribution in [0.1, 0.15) is 12.5 Å². The molecule has 1 atom stereocenters. The molecule has 2 N–H and O–H groups in total. The number of hydrogen-bond donors (Lipinski definition) is 2. The Morgan fingerprint density at radius 2 is 2.18 bits per heavy atom. The van der Waals surface area contributed by atoms with Gasteiger partial charge in [0.05, 0.1) is 6.10 Å². The number of aliphatic hydroxyl groups excluding tert-OH is 1. The predicted octanol–water partition coefficient (Wildman–Crippen LogP) is 3.23. The molecule has 0 fully saturated rings. The van der Waals surface area contributed by atoms with Crippen LogP contribution in [-0.2, 0) is 0 Å². The van der Waals surface area contributed by atoms with Gasteiger partial charge in [0.1, 0.15) is 0 Å². The highest BCUT2D eigenvalue weighted by Gasteiger charge is 2.02. The van der Waals surface area contributed by atoms with Crippen LogP contribution in [0.2, 0.25) is 0 Å². The largest absolute Gasteiger partial charge is 0.389 e. The number of allylic oxidation sites excluding steroid dienone is 2. The molecule has 0 aliphatic rings. The van der Waals surface area contributed by atoms with E-state index in [-0.39, 0.29) is 0 Å². The Balaban J connectivity index is 3.09. The summed E-state index contributed by atoms with van der Waals surface area (Å²) in [7, 11) is 1.88. The number of nitrogens with one attached hydrogen (secondary N) is 1. The Hall–Kier alpha value is -1.80. The van der Waals surface area contributed by atoms with E-state index in [1.165, 1.54) is 0 Å². The molecule has 0 saturated heterocycles. The summed E-state index contributed by atoms with van der Waals surface area (Å²) >= 11 is 0. The molecule has 2 nitrogen and oxygen atoms in total. The first-order valence-electron chi connectivity index (χ1n) is 5.57. The first-order valence-corrected chi connectivity index (χ1v) is 5.57. The van der Waals surface area contributed by atoms with Crippen molar-refractivity contribution in [2.24, 2.45) is 0 Å². The van der Waals surface area contributed by atoms with Gasteiger partial charge in [0, 0.05) is 12.7 Å². The highest BCUT2D eigenvalue weighted by molar-refractivity contribution is 5.77. The van der Waals surface area contributed by atoms with Gasteiger partial charge in [-0.3, -0.25) is 0 Å². The van der Waals surface area contributed by atoms with Crippen molar-refractivity contribution in [2.75, 3.05) is 12.4 Å². The average molecular weight is 229 g/mol. The monoisotopic (exact) mass is 229 g/mol. The van der Waals surface area contributed by atoms with Crippen LogP contribution < -0.4 is 5.32 Å². The molecule has 2 heteroatoms. The Bertz CT molecular complexity index is 444. The molecule has 1 unspecified atom stereocenters. The minimum Gasteiger partial charge on any atom is -0.389 e. The van der Waals surface area contributed by atoms with Gasteiger partial charge < -0.3 is 10.4 Å². The molecule has 0 aromatic heterocycles. The molecule has 0 aliphatic heterocycles. The number of benzene rings is 1. The normalized spacial score (nSPS) is 13.0. The van der Waals surface area contributed by atoms with Crippen molar-refractivity contribution < 1.29 is 5.11 Å². The molecule has 0 radical (unpaired) electrons. The zero-order valence-electron chi connectivity index (χ0n) is 10.4. The van der Waals surface area contributed by atoms with Crippen LogP contribution in [-0.4, -0.2) is 18.3 Å². The molecule has 1 aromatic carbocycles. The number of rotatable bonds is 5. The molecule has 17 heavy (non-hydrogen) atoms. The van der Waals surface area contributed by atoms with E-state index < -0.39 is 6.10 Å². The van der Waals surface area contributed by atoms with Gasteiger partial charge in [-0.05, 0) is 41.8 Å².